The third kappa shape index (κ3) is 2.87. The zero-order valence-electron chi connectivity index (χ0n) is 14.4. The molecular formula is C19H19N3O3. The largest absolute Gasteiger partial charge is 0.357 e. The number of rotatable bonds is 4. The molecule has 0 bridgehead atoms. The van der Waals surface area contributed by atoms with Gasteiger partial charge in [-0.25, -0.2) is 0 Å². The summed E-state index contributed by atoms with van der Waals surface area (Å²) in [4.78, 5) is 23.7. The van der Waals surface area contributed by atoms with E-state index in [1.807, 2.05) is 44.2 Å². The Bertz CT molecular complexity index is 1040. The molecule has 3 rings (SSSR count). The van der Waals surface area contributed by atoms with Gasteiger partial charge in [0.05, 0.1) is 10.4 Å². The molecule has 0 saturated heterocycles. The van der Waals surface area contributed by atoms with E-state index in [9.17, 15) is 14.9 Å². The van der Waals surface area contributed by atoms with Gasteiger partial charge in [-0.3, -0.25) is 14.9 Å². The zero-order chi connectivity index (χ0) is 18.1. The molecule has 0 aliphatic carbocycles. The second kappa shape index (κ2) is 6.39. The molecule has 0 spiro atoms. The molecule has 0 amide bonds. The van der Waals surface area contributed by atoms with Gasteiger partial charge in [0.25, 0.3) is 0 Å². The Kier molecular flexibility index (Phi) is 4.27. The van der Waals surface area contributed by atoms with Crippen molar-refractivity contribution in [2.75, 3.05) is 5.32 Å². The van der Waals surface area contributed by atoms with Gasteiger partial charge in [0.2, 0.25) is 0 Å². The molecule has 1 aromatic heterocycles. The Labute approximate surface area is 144 Å². The highest BCUT2D eigenvalue weighted by atomic mass is 16.6. The number of aryl methyl sites for hydroxylation is 3. The fraction of sp³-hybridized carbons (Fsp3) is 0.211. The molecule has 1 N–H and O–H groups in total. The Morgan fingerprint density at radius 3 is 2.52 bits per heavy atom. The lowest BCUT2D eigenvalue weighted by Gasteiger charge is -2.15. The fourth-order valence-electron chi connectivity index (χ4n) is 3.09. The number of pyridine rings is 1. The summed E-state index contributed by atoms with van der Waals surface area (Å²) in [6.45, 7) is 6.08. The van der Waals surface area contributed by atoms with Gasteiger partial charge >= 0.3 is 11.2 Å². The van der Waals surface area contributed by atoms with Crippen LogP contribution in [-0.2, 0) is 6.54 Å². The van der Waals surface area contributed by atoms with Crippen molar-refractivity contribution >= 4 is 28.0 Å². The highest BCUT2D eigenvalue weighted by molar-refractivity contribution is 5.98. The normalized spacial score (nSPS) is 10.8. The molecule has 0 radical (unpaired) electrons. The summed E-state index contributed by atoms with van der Waals surface area (Å²) in [5, 5.41) is 15.4. The van der Waals surface area contributed by atoms with E-state index in [4.69, 9.17) is 0 Å². The van der Waals surface area contributed by atoms with Gasteiger partial charge in [-0.1, -0.05) is 35.9 Å². The molecule has 3 aromatic rings. The van der Waals surface area contributed by atoms with Crippen LogP contribution in [0.3, 0.4) is 0 Å². The quantitative estimate of drug-likeness (QED) is 0.569. The molecule has 6 heteroatoms. The number of fused-ring (bicyclic) bond motifs is 1. The van der Waals surface area contributed by atoms with Crippen LogP contribution < -0.4 is 10.9 Å². The van der Waals surface area contributed by atoms with E-state index >= 15 is 0 Å². The van der Waals surface area contributed by atoms with Gasteiger partial charge in [0.1, 0.15) is 5.69 Å². The Hall–Kier alpha value is -3.15. The molecular weight excluding hydrogens is 318 g/mol. The smallest absolute Gasteiger partial charge is 0.349 e. The minimum atomic E-state index is -0.604. The van der Waals surface area contributed by atoms with Crippen molar-refractivity contribution in [2.45, 2.75) is 27.3 Å². The van der Waals surface area contributed by atoms with Crippen molar-refractivity contribution in [3.63, 3.8) is 0 Å². The van der Waals surface area contributed by atoms with Crippen LogP contribution in [-0.4, -0.2) is 9.49 Å². The Morgan fingerprint density at radius 1 is 1.16 bits per heavy atom. The summed E-state index contributed by atoms with van der Waals surface area (Å²) < 4.78 is 1.43. The molecule has 0 fully saturated rings. The van der Waals surface area contributed by atoms with Crippen LogP contribution in [0.25, 0.3) is 10.9 Å². The van der Waals surface area contributed by atoms with Crippen LogP contribution >= 0.6 is 0 Å². The monoisotopic (exact) mass is 337 g/mol. The molecule has 1 heterocycles. The standard InChI is InChI=1S/C19H19N3O3/c1-4-21-16-8-6-5-7-14(16)17(18(19(21)23)22(24)25)20-15-10-9-12(2)11-13(15)3/h5-11,20H,4H2,1-3H3. The molecule has 0 aliphatic heterocycles. The molecule has 2 aromatic carbocycles. The number of benzene rings is 2. The number of nitro groups is 1. The van der Waals surface area contributed by atoms with E-state index in [0.29, 0.717) is 17.4 Å². The van der Waals surface area contributed by atoms with Crippen LogP contribution in [0.1, 0.15) is 18.1 Å². The number of hydrogen-bond acceptors (Lipinski definition) is 4. The summed E-state index contributed by atoms with van der Waals surface area (Å²) in [6.07, 6.45) is 0. The van der Waals surface area contributed by atoms with Gasteiger partial charge in [0.15, 0.2) is 0 Å². The third-order valence-corrected chi connectivity index (χ3v) is 4.29. The minimum Gasteiger partial charge on any atom is -0.349 e. The predicted octanol–water partition coefficient (Wildman–Crippen LogP) is 4.29. The van der Waals surface area contributed by atoms with Crippen LogP contribution in [0.2, 0.25) is 0 Å². The van der Waals surface area contributed by atoms with E-state index in [1.165, 1.54) is 4.57 Å². The minimum absolute atomic E-state index is 0.238. The lowest BCUT2D eigenvalue weighted by atomic mass is 10.1. The summed E-state index contributed by atoms with van der Waals surface area (Å²) >= 11 is 0. The van der Waals surface area contributed by atoms with E-state index in [-0.39, 0.29) is 5.69 Å². The first-order valence-electron chi connectivity index (χ1n) is 8.08. The third-order valence-electron chi connectivity index (χ3n) is 4.29. The average molecular weight is 337 g/mol. The van der Waals surface area contributed by atoms with Crippen LogP contribution in [0.15, 0.2) is 47.3 Å². The summed E-state index contributed by atoms with van der Waals surface area (Å²) in [6, 6.07) is 13.0. The lowest BCUT2D eigenvalue weighted by Crippen LogP contribution is -2.23. The second-order valence-electron chi connectivity index (χ2n) is 5.99. The first kappa shape index (κ1) is 16.7. The summed E-state index contributed by atoms with van der Waals surface area (Å²) in [5.41, 5.74) is 2.68. The van der Waals surface area contributed by atoms with Crippen molar-refractivity contribution < 1.29 is 4.92 Å². The number of nitrogens with one attached hydrogen (secondary N) is 1. The van der Waals surface area contributed by atoms with Crippen LogP contribution in [0.5, 0.6) is 0 Å². The maximum absolute atomic E-state index is 12.7. The van der Waals surface area contributed by atoms with Gasteiger partial charge < -0.3 is 9.88 Å². The van der Waals surface area contributed by atoms with E-state index in [2.05, 4.69) is 5.32 Å². The molecule has 128 valence electrons. The van der Waals surface area contributed by atoms with E-state index in [0.717, 1.165) is 16.8 Å². The molecule has 0 atom stereocenters. The number of anilines is 2. The Morgan fingerprint density at radius 2 is 1.88 bits per heavy atom. The van der Waals surface area contributed by atoms with Crippen LogP contribution in [0.4, 0.5) is 17.1 Å². The number of para-hydroxylation sites is 1. The maximum atomic E-state index is 12.7. The highest BCUT2D eigenvalue weighted by Gasteiger charge is 2.25. The highest BCUT2D eigenvalue weighted by Crippen LogP contribution is 2.33. The van der Waals surface area contributed by atoms with E-state index < -0.39 is 16.2 Å². The van der Waals surface area contributed by atoms with Crippen molar-refractivity contribution in [2.24, 2.45) is 0 Å². The van der Waals surface area contributed by atoms with Gasteiger partial charge in [-0.05, 0) is 38.5 Å². The molecule has 0 unspecified atom stereocenters. The van der Waals surface area contributed by atoms with Crippen molar-refractivity contribution in [3.8, 4) is 0 Å². The van der Waals surface area contributed by atoms with Crippen molar-refractivity contribution in [3.05, 3.63) is 74.1 Å². The number of aromatic nitrogens is 1. The molecule has 6 nitrogen and oxygen atoms in total. The number of hydrogen-bond donors (Lipinski definition) is 1. The second-order valence-corrected chi connectivity index (χ2v) is 5.99. The molecule has 0 saturated carbocycles. The van der Waals surface area contributed by atoms with Gasteiger partial charge in [-0.15, -0.1) is 0 Å². The van der Waals surface area contributed by atoms with Gasteiger partial charge in [-0.2, -0.15) is 0 Å². The molecule has 0 aliphatic rings. The number of nitrogens with zero attached hydrogens (tertiary/aromatic N) is 2. The first-order valence-corrected chi connectivity index (χ1v) is 8.08. The first-order chi connectivity index (χ1) is 11.9. The van der Waals surface area contributed by atoms with Crippen molar-refractivity contribution in [1.82, 2.24) is 4.57 Å². The summed E-state index contributed by atoms with van der Waals surface area (Å²) in [5.74, 6) is 0. The van der Waals surface area contributed by atoms with E-state index in [1.54, 1.807) is 19.1 Å². The lowest BCUT2D eigenvalue weighted by molar-refractivity contribution is -0.385. The fourth-order valence-corrected chi connectivity index (χ4v) is 3.09. The predicted molar refractivity (Wildman–Crippen MR) is 99.7 cm³/mol. The SMILES string of the molecule is CCn1c(=O)c([N+](=O)[O-])c(Nc2ccc(C)cc2C)c2ccccc21. The maximum Gasteiger partial charge on any atom is 0.357 e. The van der Waals surface area contributed by atoms with Crippen molar-refractivity contribution in [1.29, 1.82) is 0 Å². The topological polar surface area (TPSA) is 77.2 Å². The average Bonchev–Trinajstić information content (AvgIpc) is 2.57. The van der Waals surface area contributed by atoms with Gasteiger partial charge in [0, 0.05) is 17.6 Å². The molecule has 25 heavy (non-hydrogen) atoms. The Balaban J connectivity index is 2.34. The van der Waals surface area contributed by atoms with Crippen LogP contribution in [0, 0.1) is 24.0 Å². The summed E-state index contributed by atoms with van der Waals surface area (Å²) in [7, 11) is 0. The zero-order valence-corrected chi connectivity index (χ0v) is 14.4.